The van der Waals surface area contributed by atoms with Gasteiger partial charge in [0.15, 0.2) is 0 Å². The molecule has 1 heterocycles. The van der Waals surface area contributed by atoms with Crippen LogP contribution in [0.1, 0.15) is 22.3 Å². The molecule has 6 heteroatoms. The molecule has 0 aliphatic heterocycles. The Morgan fingerprint density at radius 1 is 0.500 bits per heavy atom. The summed E-state index contributed by atoms with van der Waals surface area (Å²) in [6, 6.07) is 23.8. The topological polar surface area (TPSA) is 121 Å². The summed E-state index contributed by atoms with van der Waals surface area (Å²) in [6.07, 6.45) is 3.27. The van der Waals surface area contributed by atoms with Crippen LogP contribution in [0.3, 0.4) is 0 Å². The molecule has 0 radical (unpaired) electrons. The Hall–Kier alpha value is -5.56. The molecule has 0 bridgehead atoms. The second-order valence-electron chi connectivity index (χ2n) is 7.85. The molecule has 5 aromatic carbocycles. The molecular weight excluding hydrogens is 420 g/mol. The zero-order valence-electron chi connectivity index (χ0n) is 17.5. The van der Waals surface area contributed by atoms with Gasteiger partial charge in [0.05, 0.1) is 33.3 Å². The summed E-state index contributed by atoms with van der Waals surface area (Å²) in [5.74, 6) is 0. The van der Waals surface area contributed by atoms with E-state index in [1.807, 2.05) is 54.6 Å². The fraction of sp³-hybridized carbons (Fsp3) is 0. The third kappa shape index (κ3) is 2.34. The number of benzene rings is 5. The minimum absolute atomic E-state index is 0.0746. The van der Waals surface area contributed by atoms with Gasteiger partial charge < -0.3 is 0 Å². The lowest BCUT2D eigenvalue weighted by Crippen LogP contribution is -1.98. The Balaban J connectivity index is 1.99. The minimum atomic E-state index is -0.0874. The smallest absolute Gasteiger partial charge is 0.102 e. The molecule has 0 aliphatic rings. The maximum atomic E-state index is 9.91. The van der Waals surface area contributed by atoms with Crippen LogP contribution < -0.4 is 0 Å². The van der Waals surface area contributed by atoms with E-state index in [-0.39, 0.29) is 22.3 Å². The van der Waals surface area contributed by atoms with Crippen molar-refractivity contribution in [3.63, 3.8) is 0 Å². The van der Waals surface area contributed by atoms with Crippen molar-refractivity contribution in [3.05, 3.63) is 83.2 Å². The minimum Gasteiger partial charge on any atom is -0.252 e. The van der Waals surface area contributed by atoms with E-state index < -0.39 is 0 Å². The van der Waals surface area contributed by atoms with Gasteiger partial charge in [-0.15, -0.1) is 0 Å². The highest BCUT2D eigenvalue weighted by Gasteiger charge is 2.22. The molecule has 0 amide bonds. The molecule has 152 valence electrons. The predicted octanol–water partition coefficient (Wildman–Crippen LogP) is 5.73. The number of nitrogens with zero attached hydrogens (tertiary/aromatic N) is 6. The lowest BCUT2D eigenvalue weighted by Gasteiger charge is -2.14. The summed E-state index contributed by atoms with van der Waals surface area (Å²) in [7, 11) is 0. The largest absolute Gasteiger partial charge is 0.252 e. The first-order chi connectivity index (χ1) is 16.7. The molecule has 34 heavy (non-hydrogen) atoms. The van der Waals surface area contributed by atoms with Gasteiger partial charge in [0.2, 0.25) is 0 Å². The van der Waals surface area contributed by atoms with Gasteiger partial charge in [-0.2, -0.15) is 21.0 Å². The van der Waals surface area contributed by atoms with E-state index >= 15 is 0 Å². The molecule has 0 atom stereocenters. The summed E-state index contributed by atoms with van der Waals surface area (Å²) < 4.78 is 0. The number of nitriles is 4. The summed E-state index contributed by atoms with van der Waals surface area (Å²) in [5, 5.41) is 45.6. The molecule has 0 spiro atoms. The maximum Gasteiger partial charge on any atom is 0.102 e. The second-order valence-corrected chi connectivity index (χ2v) is 7.85. The summed E-state index contributed by atoms with van der Waals surface area (Å²) >= 11 is 0. The zero-order valence-corrected chi connectivity index (χ0v) is 17.5. The first kappa shape index (κ1) is 19.1. The molecular formula is C28H10N6. The summed E-state index contributed by atoms with van der Waals surface area (Å²) in [6.45, 7) is 0. The van der Waals surface area contributed by atoms with Crippen LogP contribution in [0.15, 0.2) is 60.9 Å². The molecule has 0 aliphatic carbocycles. The lowest BCUT2D eigenvalue weighted by atomic mass is 9.87. The van der Waals surface area contributed by atoms with E-state index in [0.717, 1.165) is 37.8 Å². The Kier molecular flexibility index (Phi) is 3.93. The fourth-order valence-electron chi connectivity index (χ4n) is 4.88. The van der Waals surface area contributed by atoms with Crippen LogP contribution in [0, 0.1) is 45.3 Å². The van der Waals surface area contributed by atoms with Crippen LogP contribution in [0.4, 0.5) is 0 Å². The van der Waals surface area contributed by atoms with Crippen molar-refractivity contribution in [3.8, 4) is 24.3 Å². The highest BCUT2D eigenvalue weighted by atomic mass is 14.8. The van der Waals surface area contributed by atoms with Crippen molar-refractivity contribution >= 4 is 54.1 Å². The monoisotopic (exact) mass is 430 g/mol. The van der Waals surface area contributed by atoms with Gasteiger partial charge in [-0.3, -0.25) is 9.97 Å². The van der Waals surface area contributed by atoms with E-state index in [9.17, 15) is 21.0 Å². The maximum absolute atomic E-state index is 9.91. The molecule has 6 rings (SSSR count). The first-order valence-corrected chi connectivity index (χ1v) is 10.3. The van der Waals surface area contributed by atoms with Crippen LogP contribution in [0.25, 0.3) is 54.1 Å². The van der Waals surface area contributed by atoms with Gasteiger partial charge in [0, 0.05) is 33.9 Å². The van der Waals surface area contributed by atoms with Crippen LogP contribution in [-0.2, 0) is 0 Å². The second kappa shape index (κ2) is 6.98. The lowest BCUT2D eigenvalue weighted by molar-refractivity contribution is 1.31. The predicted molar refractivity (Wildman–Crippen MR) is 128 cm³/mol. The zero-order chi connectivity index (χ0) is 23.4. The Morgan fingerprint density at radius 3 is 1.74 bits per heavy atom. The van der Waals surface area contributed by atoms with Crippen molar-refractivity contribution in [1.82, 2.24) is 9.97 Å². The fourth-order valence-corrected chi connectivity index (χ4v) is 4.88. The van der Waals surface area contributed by atoms with E-state index in [1.54, 1.807) is 18.5 Å². The molecule has 0 saturated heterocycles. The SMILES string of the molecule is N#Cc1c(C#N)c(C#N)c2cc3c(cc2c1C#N)c1ccc2ccccc2c1c1nccnc31. The average molecular weight is 430 g/mol. The van der Waals surface area contributed by atoms with Crippen molar-refractivity contribution in [2.75, 3.05) is 0 Å². The van der Waals surface area contributed by atoms with Crippen molar-refractivity contribution in [2.24, 2.45) is 0 Å². The number of rotatable bonds is 0. The number of hydrogen-bond donors (Lipinski definition) is 0. The third-order valence-electron chi connectivity index (χ3n) is 6.30. The number of hydrogen-bond acceptors (Lipinski definition) is 6. The van der Waals surface area contributed by atoms with Crippen LogP contribution in [0.5, 0.6) is 0 Å². The van der Waals surface area contributed by atoms with Crippen LogP contribution in [-0.4, -0.2) is 9.97 Å². The third-order valence-corrected chi connectivity index (χ3v) is 6.30. The van der Waals surface area contributed by atoms with E-state index in [0.29, 0.717) is 16.3 Å². The quantitative estimate of drug-likeness (QED) is 0.224. The van der Waals surface area contributed by atoms with Gasteiger partial charge in [0.1, 0.15) is 24.3 Å². The molecule has 6 aromatic rings. The van der Waals surface area contributed by atoms with Crippen LogP contribution >= 0.6 is 0 Å². The van der Waals surface area contributed by atoms with E-state index in [2.05, 4.69) is 22.1 Å². The molecule has 0 N–H and O–H groups in total. The normalized spacial score (nSPS) is 10.8. The number of aromatic nitrogens is 2. The van der Waals surface area contributed by atoms with Gasteiger partial charge in [-0.25, -0.2) is 0 Å². The van der Waals surface area contributed by atoms with Gasteiger partial charge in [-0.1, -0.05) is 36.4 Å². The first-order valence-electron chi connectivity index (χ1n) is 10.3. The molecule has 1 aromatic heterocycles. The average Bonchev–Trinajstić information content (AvgIpc) is 2.90. The van der Waals surface area contributed by atoms with Gasteiger partial charge in [-0.05, 0) is 33.7 Å². The van der Waals surface area contributed by atoms with Crippen molar-refractivity contribution in [2.45, 2.75) is 0 Å². The summed E-state index contributed by atoms with van der Waals surface area (Å²) in [5.41, 5.74) is 1.39. The molecule has 0 fully saturated rings. The molecule has 0 unspecified atom stereocenters. The van der Waals surface area contributed by atoms with Gasteiger partial charge in [0.25, 0.3) is 0 Å². The van der Waals surface area contributed by atoms with Gasteiger partial charge >= 0.3 is 0 Å². The highest BCUT2D eigenvalue weighted by Crippen LogP contribution is 2.40. The van der Waals surface area contributed by atoms with Crippen molar-refractivity contribution < 1.29 is 0 Å². The number of fused-ring (bicyclic) bond motifs is 9. The highest BCUT2D eigenvalue weighted by molar-refractivity contribution is 6.31. The standard InChI is InChI=1S/C28H10N6/c29-11-22-19-9-18-17-6-5-15-3-1-2-4-16(15)26(17)28-27(33-7-8-34-28)21(18)10-20(19)23(12-30)25(14-32)24(22)13-31/h1-10H. The Labute approximate surface area is 192 Å². The van der Waals surface area contributed by atoms with Crippen LogP contribution in [0.2, 0.25) is 0 Å². The summed E-state index contributed by atoms with van der Waals surface area (Å²) in [4.78, 5) is 9.27. The molecule has 6 nitrogen and oxygen atoms in total. The van der Waals surface area contributed by atoms with E-state index in [4.69, 9.17) is 0 Å². The van der Waals surface area contributed by atoms with E-state index in [1.165, 1.54) is 0 Å². The Morgan fingerprint density at radius 2 is 1.09 bits per heavy atom. The molecule has 0 saturated carbocycles. The van der Waals surface area contributed by atoms with Crippen molar-refractivity contribution in [1.29, 1.82) is 21.0 Å². The Bertz CT molecular complexity index is 2060.